The summed E-state index contributed by atoms with van der Waals surface area (Å²) in [5.41, 5.74) is 6.29. The summed E-state index contributed by atoms with van der Waals surface area (Å²) in [6.07, 6.45) is 2.22. The Morgan fingerprint density at radius 1 is 1.24 bits per heavy atom. The molecule has 0 bridgehead atoms. The van der Waals surface area contributed by atoms with E-state index in [2.05, 4.69) is 11.8 Å². The van der Waals surface area contributed by atoms with E-state index in [0.717, 1.165) is 37.4 Å². The summed E-state index contributed by atoms with van der Waals surface area (Å²) in [6.45, 7) is 1.98. The van der Waals surface area contributed by atoms with Crippen LogP contribution in [-0.4, -0.2) is 25.9 Å². The van der Waals surface area contributed by atoms with Crippen LogP contribution < -0.4 is 10.5 Å². The van der Waals surface area contributed by atoms with Crippen molar-refractivity contribution >= 4 is 0 Å². The lowest BCUT2D eigenvalue weighted by Crippen LogP contribution is -2.25. The van der Waals surface area contributed by atoms with E-state index in [1.165, 1.54) is 0 Å². The Hall–Kier alpha value is -1.50. The zero-order valence-electron chi connectivity index (χ0n) is 9.82. The van der Waals surface area contributed by atoms with Gasteiger partial charge in [0.25, 0.3) is 0 Å². The minimum absolute atomic E-state index is 0.282. The third-order valence-electron chi connectivity index (χ3n) is 2.66. The molecule has 1 heterocycles. The molecule has 1 saturated heterocycles. The van der Waals surface area contributed by atoms with Crippen LogP contribution in [0.4, 0.5) is 0 Å². The van der Waals surface area contributed by atoms with Crippen LogP contribution >= 0.6 is 0 Å². The molecule has 0 aromatic heterocycles. The predicted molar refractivity (Wildman–Crippen MR) is 66.8 cm³/mol. The molecule has 3 heteroatoms. The fourth-order valence-electron chi connectivity index (χ4n) is 1.76. The number of ether oxygens (including phenoxy) is 2. The van der Waals surface area contributed by atoms with Gasteiger partial charge in [0.1, 0.15) is 11.9 Å². The van der Waals surface area contributed by atoms with Crippen molar-refractivity contribution in [1.82, 2.24) is 0 Å². The normalized spacial score (nSPS) is 16.1. The molecular formula is C14H17NO2. The molecular weight excluding hydrogens is 214 g/mol. The molecule has 0 atom stereocenters. The van der Waals surface area contributed by atoms with Gasteiger partial charge in [0, 0.05) is 18.4 Å². The third kappa shape index (κ3) is 3.77. The number of nitrogens with two attached hydrogens (primary N) is 1. The van der Waals surface area contributed by atoms with Gasteiger partial charge >= 0.3 is 0 Å². The first-order valence-corrected chi connectivity index (χ1v) is 5.92. The van der Waals surface area contributed by atoms with Gasteiger partial charge in [-0.3, -0.25) is 0 Å². The van der Waals surface area contributed by atoms with Crippen LogP contribution in [-0.2, 0) is 4.74 Å². The number of hydrogen-bond acceptors (Lipinski definition) is 3. The van der Waals surface area contributed by atoms with Gasteiger partial charge in [-0.05, 0) is 24.3 Å². The first-order valence-electron chi connectivity index (χ1n) is 5.92. The zero-order chi connectivity index (χ0) is 11.9. The summed E-state index contributed by atoms with van der Waals surface area (Å²) >= 11 is 0. The lowest BCUT2D eigenvalue weighted by molar-refractivity contribution is 0.0256. The molecule has 0 amide bonds. The molecule has 17 heavy (non-hydrogen) atoms. The largest absolute Gasteiger partial charge is 0.490 e. The molecule has 0 saturated carbocycles. The smallest absolute Gasteiger partial charge is 0.119 e. The number of hydrogen-bond donors (Lipinski definition) is 1. The molecule has 1 aromatic rings. The van der Waals surface area contributed by atoms with Crippen LogP contribution in [0.15, 0.2) is 24.3 Å². The third-order valence-corrected chi connectivity index (χ3v) is 2.66. The second-order valence-electron chi connectivity index (χ2n) is 3.96. The minimum Gasteiger partial charge on any atom is -0.490 e. The van der Waals surface area contributed by atoms with Crippen molar-refractivity contribution in [2.75, 3.05) is 19.8 Å². The van der Waals surface area contributed by atoms with Crippen molar-refractivity contribution in [3.8, 4) is 17.6 Å². The quantitative estimate of drug-likeness (QED) is 0.785. The minimum atomic E-state index is 0.282. The molecule has 1 aliphatic heterocycles. The first-order chi connectivity index (χ1) is 8.38. The topological polar surface area (TPSA) is 44.5 Å². The molecule has 1 aromatic carbocycles. The fourth-order valence-corrected chi connectivity index (χ4v) is 1.76. The Morgan fingerprint density at radius 2 is 1.94 bits per heavy atom. The van der Waals surface area contributed by atoms with Crippen molar-refractivity contribution in [3.05, 3.63) is 29.8 Å². The van der Waals surface area contributed by atoms with Crippen molar-refractivity contribution in [1.29, 1.82) is 0 Å². The van der Waals surface area contributed by atoms with E-state index in [1.807, 2.05) is 24.3 Å². The van der Waals surface area contributed by atoms with E-state index in [-0.39, 0.29) is 6.10 Å². The molecule has 0 aliphatic carbocycles. The van der Waals surface area contributed by atoms with Crippen molar-refractivity contribution in [2.24, 2.45) is 5.73 Å². The van der Waals surface area contributed by atoms with E-state index in [1.54, 1.807) is 0 Å². The van der Waals surface area contributed by atoms with Gasteiger partial charge in [-0.25, -0.2) is 0 Å². The summed E-state index contributed by atoms with van der Waals surface area (Å²) in [6, 6.07) is 7.82. The van der Waals surface area contributed by atoms with Gasteiger partial charge in [0.2, 0.25) is 0 Å². The second-order valence-corrected chi connectivity index (χ2v) is 3.96. The zero-order valence-corrected chi connectivity index (χ0v) is 9.82. The molecule has 0 spiro atoms. The van der Waals surface area contributed by atoms with E-state index in [0.29, 0.717) is 6.54 Å². The van der Waals surface area contributed by atoms with Gasteiger partial charge in [-0.1, -0.05) is 11.8 Å². The molecule has 90 valence electrons. The standard InChI is InChI=1S/C14H17NO2/c15-9-1-2-12-3-5-13(6-4-12)17-14-7-10-16-11-8-14/h3-6,14H,7-11,15H2. The highest BCUT2D eigenvalue weighted by atomic mass is 16.5. The highest BCUT2D eigenvalue weighted by Crippen LogP contribution is 2.18. The summed E-state index contributed by atoms with van der Waals surface area (Å²) in [5.74, 6) is 6.71. The maximum absolute atomic E-state index is 5.86. The van der Waals surface area contributed by atoms with E-state index in [4.69, 9.17) is 15.2 Å². The maximum atomic E-state index is 5.86. The Labute approximate surface area is 102 Å². The van der Waals surface area contributed by atoms with Crippen LogP contribution in [0.1, 0.15) is 18.4 Å². The van der Waals surface area contributed by atoms with E-state index in [9.17, 15) is 0 Å². The Bertz CT molecular complexity index is 396. The molecule has 1 fully saturated rings. The van der Waals surface area contributed by atoms with E-state index >= 15 is 0 Å². The van der Waals surface area contributed by atoms with Gasteiger partial charge < -0.3 is 15.2 Å². The van der Waals surface area contributed by atoms with Gasteiger partial charge in [0.15, 0.2) is 0 Å². The van der Waals surface area contributed by atoms with Crippen molar-refractivity contribution < 1.29 is 9.47 Å². The molecule has 1 aliphatic rings. The highest BCUT2D eigenvalue weighted by Gasteiger charge is 2.14. The number of rotatable bonds is 2. The lowest BCUT2D eigenvalue weighted by Gasteiger charge is -2.23. The van der Waals surface area contributed by atoms with Crippen LogP contribution in [0, 0.1) is 11.8 Å². The van der Waals surface area contributed by atoms with Crippen molar-refractivity contribution in [3.63, 3.8) is 0 Å². The van der Waals surface area contributed by atoms with Gasteiger partial charge in [-0.15, -0.1) is 0 Å². The Kier molecular flexibility index (Phi) is 4.43. The summed E-state index contributed by atoms with van der Waals surface area (Å²) < 4.78 is 11.2. The average molecular weight is 231 g/mol. The number of benzene rings is 1. The van der Waals surface area contributed by atoms with E-state index < -0.39 is 0 Å². The molecule has 0 radical (unpaired) electrons. The highest BCUT2D eigenvalue weighted by molar-refractivity contribution is 5.38. The molecule has 2 N–H and O–H groups in total. The van der Waals surface area contributed by atoms with Gasteiger partial charge in [-0.2, -0.15) is 0 Å². The van der Waals surface area contributed by atoms with Crippen LogP contribution in [0.5, 0.6) is 5.75 Å². The molecule has 3 nitrogen and oxygen atoms in total. The van der Waals surface area contributed by atoms with Crippen LogP contribution in [0.3, 0.4) is 0 Å². The Morgan fingerprint density at radius 3 is 2.59 bits per heavy atom. The Balaban J connectivity index is 1.93. The summed E-state index contributed by atoms with van der Waals surface area (Å²) in [5, 5.41) is 0. The second kappa shape index (κ2) is 6.29. The van der Waals surface area contributed by atoms with Crippen LogP contribution in [0.2, 0.25) is 0 Å². The SMILES string of the molecule is NCC#Cc1ccc(OC2CCOCC2)cc1. The molecule has 2 rings (SSSR count). The predicted octanol–water partition coefficient (Wildman–Crippen LogP) is 1.55. The first kappa shape index (κ1) is 12.0. The monoisotopic (exact) mass is 231 g/mol. The summed E-state index contributed by atoms with van der Waals surface area (Å²) in [4.78, 5) is 0. The lowest BCUT2D eigenvalue weighted by atomic mass is 10.1. The maximum Gasteiger partial charge on any atom is 0.119 e. The van der Waals surface area contributed by atoms with Crippen molar-refractivity contribution in [2.45, 2.75) is 18.9 Å². The van der Waals surface area contributed by atoms with Crippen LogP contribution in [0.25, 0.3) is 0 Å². The average Bonchev–Trinajstić information content (AvgIpc) is 2.39. The van der Waals surface area contributed by atoms with Gasteiger partial charge in [0.05, 0.1) is 19.8 Å². The fraction of sp³-hybridized carbons (Fsp3) is 0.429. The summed E-state index contributed by atoms with van der Waals surface area (Å²) in [7, 11) is 0. The molecule has 0 unspecified atom stereocenters.